The van der Waals surface area contributed by atoms with Crippen molar-refractivity contribution in [1.82, 2.24) is 10.3 Å². The molecule has 6 atom stereocenters. The molecule has 0 saturated carbocycles. The third-order valence-electron chi connectivity index (χ3n) is 8.23. The van der Waals surface area contributed by atoms with Crippen LogP contribution in [0.2, 0.25) is 5.82 Å². The molecule has 2 saturated heterocycles. The van der Waals surface area contributed by atoms with Gasteiger partial charge in [0.1, 0.15) is 11.7 Å². The van der Waals surface area contributed by atoms with Gasteiger partial charge in [0.2, 0.25) is 0 Å². The summed E-state index contributed by atoms with van der Waals surface area (Å²) in [5.41, 5.74) is 1.51. The third-order valence-corrected chi connectivity index (χ3v) is 8.23. The number of hydrogen-bond acceptors (Lipinski definition) is 9. The average Bonchev–Trinajstić information content (AvgIpc) is 3.40. The molecule has 1 aromatic heterocycles. The van der Waals surface area contributed by atoms with Crippen molar-refractivity contribution in [2.75, 3.05) is 21.2 Å². The van der Waals surface area contributed by atoms with Crippen LogP contribution in [0, 0.1) is 5.92 Å². The zero-order chi connectivity index (χ0) is 30.1. The average molecular weight is 567 g/mol. The second-order valence-electron chi connectivity index (χ2n) is 11.8. The van der Waals surface area contributed by atoms with E-state index in [1.54, 1.807) is 26.2 Å². The lowest BCUT2D eigenvalue weighted by molar-refractivity contribution is -0.815. The number of pyridine rings is 1. The number of aromatic nitrogens is 1. The molecule has 41 heavy (non-hydrogen) atoms. The van der Waals surface area contributed by atoms with Crippen molar-refractivity contribution in [2.45, 2.75) is 63.7 Å². The second kappa shape index (κ2) is 11.7. The maximum Gasteiger partial charge on any atom is 0.532 e. The zero-order valence-corrected chi connectivity index (χ0v) is 24.3. The Bertz CT molecular complexity index is 1320. The molecule has 2 aromatic rings. The van der Waals surface area contributed by atoms with E-state index in [1.807, 2.05) is 44.2 Å². The highest BCUT2D eigenvalue weighted by Gasteiger charge is 2.74. The molecule has 0 aliphatic carbocycles. The van der Waals surface area contributed by atoms with Crippen LogP contribution < -0.4 is 5.32 Å². The van der Waals surface area contributed by atoms with Crippen LogP contribution in [0.5, 0.6) is 0 Å². The number of Topliss-reactive ketones (excluding diaryl/α,β-unsaturated/α-hetero) is 1. The summed E-state index contributed by atoms with van der Waals surface area (Å²) in [4.78, 5) is 56.8. The van der Waals surface area contributed by atoms with E-state index in [0.29, 0.717) is 12.1 Å². The molecule has 2 bridgehead atoms. The van der Waals surface area contributed by atoms with Gasteiger partial charge in [0.05, 0.1) is 18.9 Å². The van der Waals surface area contributed by atoms with Gasteiger partial charge in [0.15, 0.2) is 17.9 Å². The normalized spacial score (nSPS) is 24.8. The third kappa shape index (κ3) is 5.64. The number of likely N-dealkylation sites (N-methyl/N-ethyl adjacent to an activating group) is 1. The Kier molecular flexibility index (Phi) is 8.67. The van der Waals surface area contributed by atoms with Crippen molar-refractivity contribution in [1.29, 1.82) is 0 Å². The fourth-order valence-electron chi connectivity index (χ4n) is 6.27. The zero-order valence-electron chi connectivity index (χ0n) is 24.3. The smallest absolute Gasteiger partial charge is 0.532 e. The lowest BCUT2D eigenvalue weighted by atomic mass is 9.51. The van der Waals surface area contributed by atoms with E-state index in [9.17, 15) is 24.3 Å². The molecule has 1 unspecified atom stereocenters. The number of carbonyl (C=O) groups is 4. The molecule has 2 aliphatic rings. The predicted molar refractivity (Wildman–Crippen MR) is 150 cm³/mol. The van der Waals surface area contributed by atoms with Gasteiger partial charge in [-0.15, -0.1) is 0 Å². The molecule has 0 radical (unpaired) electrons. The molecule has 11 nitrogen and oxygen atoms in total. The molecule has 220 valence electrons. The summed E-state index contributed by atoms with van der Waals surface area (Å²) in [7, 11) is 4.70. The van der Waals surface area contributed by atoms with Gasteiger partial charge < -0.3 is 28.9 Å². The van der Waals surface area contributed by atoms with E-state index < -0.39 is 60.4 Å². The molecule has 2 fully saturated rings. The van der Waals surface area contributed by atoms with Crippen molar-refractivity contribution in [3.8, 4) is 11.3 Å². The molecule has 12 heteroatoms. The molecular weight excluding hydrogens is 529 g/mol. The van der Waals surface area contributed by atoms with Crippen molar-refractivity contribution in [3.63, 3.8) is 0 Å². The summed E-state index contributed by atoms with van der Waals surface area (Å²) in [5, 5.41) is 13.2. The Hall–Kier alpha value is -3.61. The van der Waals surface area contributed by atoms with Gasteiger partial charge in [-0.05, 0) is 37.2 Å². The van der Waals surface area contributed by atoms with Crippen LogP contribution >= 0.6 is 0 Å². The fourth-order valence-corrected chi connectivity index (χ4v) is 6.27. The van der Waals surface area contributed by atoms with Gasteiger partial charge in [0, 0.05) is 19.7 Å². The highest BCUT2D eigenvalue weighted by atomic mass is 16.7. The van der Waals surface area contributed by atoms with Crippen molar-refractivity contribution < 1.29 is 42.7 Å². The molecule has 4 rings (SSSR count). The highest BCUT2D eigenvalue weighted by molar-refractivity contribution is 6.66. The minimum absolute atomic E-state index is 0.0760. The van der Waals surface area contributed by atoms with Crippen molar-refractivity contribution in [2.24, 2.45) is 5.92 Å². The van der Waals surface area contributed by atoms with E-state index in [0.717, 1.165) is 5.56 Å². The number of aliphatic hydroxyl groups is 1. The maximum absolute atomic E-state index is 13.7. The van der Waals surface area contributed by atoms with Crippen molar-refractivity contribution >= 4 is 30.3 Å². The van der Waals surface area contributed by atoms with E-state index in [4.69, 9.17) is 14.0 Å². The predicted octanol–water partition coefficient (Wildman–Crippen LogP) is 2.12. The fraction of sp³-hybridized carbons (Fsp3) is 0.483. The van der Waals surface area contributed by atoms with Gasteiger partial charge in [-0.25, -0.2) is 9.78 Å². The number of benzene rings is 1. The second-order valence-corrected chi connectivity index (χ2v) is 11.8. The van der Waals surface area contributed by atoms with Crippen LogP contribution in [0.4, 0.5) is 0 Å². The summed E-state index contributed by atoms with van der Waals surface area (Å²) < 4.78 is 16.9. The number of ether oxygens (including phenoxy) is 1. The molecular formula is C29H38BN3O8. The number of hydrogen-bond donors (Lipinski definition) is 2. The van der Waals surface area contributed by atoms with Crippen LogP contribution in [0.3, 0.4) is 0 Å². The minimum atomic E-state index is -2.51. The van der Waals surface area contributed by atoms with Crippen LogP contribution in [0.15, 0.2) is 48.5 Å². The number of ketones is 1. The lowest BCUT2D eigenvalue weighted by Crippen LogP contribution is -2.72. The number of carbonyl (C=O) groups excluding carboxylic acids is 4. The topological polar surface area (TPSA) is 141 Å². The van der Waals surface area contributed by atoms with Crippen LogP contribution in [-0.2, 0) is 28.4 Å². The quantitative estimate of drug-likeness (QED) is 0.309. The Balaban J connectivity index is 1.59. The summed E-state index contributed by atoms with van der Waals surface area (Å²) in [6.45, 7) is 2.84. The van der Waals surface area contributed by atoms with Gasteiger partial charge >= 0.3 is 12.7 Å². The van der Waals surface area contributed by atoms with Crippen LogP contribution in [0.25, 0.3) is 11.3 Å². The molecule has 2 N–H and O–H groups in total. The van der Waals surface area contributed by atoms with E-state index in [2.05, 4.69) is 10.3 Å². The number of nitrogens with one attached hydrogen (secondary N) is 1. The van der Waals surface area contributed by atoms with Gasteiger partial charge in [-0.3, -0.25) is 14.4 Å². The number of quaternary nitrogens is 1. The summed E-state index contributed by atoms with van der Waals surface area (Å²) >= 11 is 0. The standard InChI is InChI=1S/C29H38BN3O8/c1-17(2)15-20(30-33(4,5)25(28(37)39-6)26(40-30)29(38)41-30)16-23(35)24(18(3)34)32-27(36)22-14-10-13-21(31-22)19-11-8-7-9-12-19/h7-14,17-18,20,24-26,34H,15-16H2,1-6H3,(H,32,36)/t18-,20-,24+,25-,26-,30?/m1/s1. The molecule has 1 aromatic carbocycles. The first-order chi connectivity index (χ1) is 19.3. The molecule has 2 aliphatic heterocycles. The molecule has 3 heterocycles. The first-order valence-corrected chi connectivity index (χ1v) is 13.8. The summed E-state index contributed by atoms with van der Waals surface area (Å²) in [6.07, 6.45) is -2.09. The monoisotopic (exact) mass is 567 g/mol. The van der Waals surface area contributed by atoms with Gasteiger partial charge in [-0.2, -0.15) is 0 Å². The van der Waals surface area contributed by atoms with Crippen LogP contribution in [-0.4, -0.2) is 90.3 Å². The first kappa shape index (κ1) is 30.4. The maximum atomic E-state index is 13.7. The highest BCUT2D eigenvalue weighted by Crippen LogP contribution is 2.51. The Morgan fingerprint density at radius 3 is 2.39 bits per heavy atom. The Morgan fingerprint density at radius 2 is 1.78 bits per heavy atom. The van der Waals surface area contributed by atoms with E-state index in [-0.39, 0.29) is 22.4 Å². The van der Waals surface area contributed by atoms with Crippen molar-refractivity contribution in [3.05, 3.63) is 54.2 Å². The number of amides is 1. The lowest BCUT2D eigenvalue weighted by Gasteiger charge is -2.53. The Labute approximate surface area is 239 Å². The number of esters is 1. The minimum Gasteiger partial charge on any atom is -0.613 e. The molecule has 0 spiro atoms. The number of methoxy groups -OCH3 is 1. The largest absolute Gasteiger partial charge is 0.613 e. The Morgan fingerprint density at radius 1 is 1.10 bits per heavy atom. The number of nitrogens with zero attached hydrogens (tertiary/aromatic N) is 2. The number of fused-ring (bicyclic) bond motifs is 2. The summed E-state index contributed by atoms with van der Waals surface area (Å²) in [6, 6.07) is 12.2. The first-order valence-electron chi connectivity index (χ1n) is 13.8. The van der Waals surface area contributed by atoms with E-state index in [1.165, 1.54) is 20.1 Å². The van der Waals surface area contributed by atoms with Crippen LogP contribution in [0.1, 0.15) is 44.1 Å². The van der Waals surface area contributed by atoms with Gasteiger partial charge in [-0.1, -0.05) is 56.7 Å². The summed E-state index contributed by atoms with van der Waals surface area (Å²) in [5.74, 6) is -2.89. The van der Waals surface area contributed by atoms with E-state index >= 15 is 0 Å². The number of aliphatic hydroxyl groups excluding tert-OH is 1. The molecule has 1 amide bonds. The van der Waals surface area contributed by atoms with Gasteiger partial charge in [0.25, 0.3) is 11.9 Å². The number of rotatable bonds is 11. The SMILES string of the molecule is COC(=O)[C@H]1[C@H]2O[B-]([C@@H](CC(=O)[C@@H](NC(=O)c3cccc(-c4ccccc4)n3)[C@@H](C)O)CC(C)C)(OC2=O)[N+]1(C)C.